The standard InChI is InChI=1S/C18H16N.C17H32O2.Ir/c1-13(2)16-9-8-14-10-11-19-18(17(14)12-16)15-6-4-3-5-7-15;1-5-16(6-2)10-9-12-11-17(7-3,8-4)15(19)13(12)14(16)18;/h3-6,8-13H,1-2H3;12-15,18-19H,5-11H2,1-4H3;/q-1;;. The van der Waals surface area contributed by atoms with Crippen LogP contribution in [0.2, 0.25) is 0 Å². The number of aliphatic hydroxyl groups is 2. The van der Waals surface area contributed by atoms with Crippen molar-refractivity contribution in [1.29, 1.82) is 0 Å². The number of aliphatic hydroxyl groups excluding tert-OH is 2. The molecule has 2 N–H and O–H groups in total. The van der Waals surface area contributed by atoms with Crippen molar-refractivity contribution in [2.75, 3.05) is 0 Å². The molecule has 0 aliphatic heterocycles. The number of hydrogen-bond donors (Lipinski definition) is 2. The first-order valence-corrected chi connectivity index (χ1v) is 15.0. The Hall–Kier alpha value is -1.58. The molecule has 0 saturated heterocycles. The van der Waals surface area contributed by atoms with E-state index in [1.165, 1.54) is 22.8 Å². The van der Waals surface area contributed by atoms with E-state index in [-0.39, 0.29) is 49.1 Å². The number of hydrogen-bond acceptors (Lipinski definition) is 3. The van der Waals surface area contributed by atoms with Crippen molar-refractivity contribution in [3.05, 3.63) is 66.4 Å². The van der Waals surface area contributed by atoms with E-state index >= 15 is 0 Å². The zero-order chi connectivity index (χ0) is 27.5. The molecule has 0 spiro atoms. The molecule has 3 nitrogen and oxygen atoms in total. The van der Waals surface area contributed by atoms with Crippen LogP contribution in [0, 0.1) is 28.7 Å². The summed E-state index contributed by atoms with van der Waals surface area (Å²) in [7, 11) is 0. The van der Waals surface area contributed by atoms with Gasteiger partial charge in [0.2, 0.25) is 0 Å². The van der Waals surface area contributed by atoms with Crippen molar-refractivity contribution in [1.82, 2.24) is 4.98 Å². The van der Waals surface area contributed by atoms with E-state index < -0.39 is 0 Å². The monoisotopic (exact) mass is 707 g/mol. The fourth-order valence-corrected chi connectivity index (χ4v) is 7.48. The second-order valence-electron chi connectivity index (χ2n) is 12.2. The first-order chi connectivity index (χ1) is 18.3. The maximum Gasteiger partial charge on any atom is 0.0651 e. The number of nitrogens with zero attached hydrogens (tertiary/aromatic N) is 1. The van der Waals surface area contributed by atoms with Gasteiger partial charge in [0.05, 0.1) is 12.2 Å². The van der Waals surface area contributed by atoms with Crippen molar-refractivity contribution >= 4 is 10.8 Å². The molecule has 215 valence electrons. The van der Waals surface area contributed by atoms with E-state index in [1.807, 2.05) is 24.4 Å². The predicted molar refractivity (Wildman–Crippen MR) is 159 cm³/mol. The van der Waals surface area contributed by atoms with Crippen molar-refractivity contribution in [3.63, 3.8) is 0 Å². The Balaban J connectivity index is 0.000000210. The van der Waals surface area contributed by atoms with Gasteiger partial charge in [-0.05, 0) is 95.7 Å². The molecule has 4 atom stereocenters. The molecule has 0 amide bonds. The van der Waals surface area contributed by atoms with E-state index in [0.29, 0.717) is 11.8 Å². The molecule has 1 radical (unpaired) electrons. The normalized spacial score (nSPS) is 24.9. The zero-order valence-electron chi connectivity index (χ0n) is 24.7. The fourth-order valence-electron chi connectivity index (χ4n) is 7.48. The van der Waals surface area contributed by atoms with E-state index in [2.05, 4.69) is 82.9 Å². The summed E-state index contributed by atoms with van der Waals surface area (Å²) in [6, 6.07) is 20.0. The predicted octanol–water partition coefficient (Wildman–Crippen LogP) is 8.57. The molecule has 2 saturated carbocycles. The van der Waals surface area contributed by atoms with E-state index in [4.69, 9.17) is 0 Å². The van der Waals surface area contributed by atoms with Crippen LogP contribution in [0.5, 0.6) is 0 Å². The van der Waals surface area contributed by atoms with Crippen LogP contribution in [-0.4, -0.2) is 27.4 Å². The average Bonchev–Trinajstić information content (AvgIpc) is 3.26. The molecule has 0 bridgehead atoms. The van der Waals surface area contributed by atoms with Crippen LogP contribution in [0.15, 0.2) is 54.7 Å². The van der Waals surface area contributed by atoms with Crippen LogP contribution in [0.3, 0.4) is 0 Å². The quantitative estimate of drug-likeness (QED) is 0.253. The minimum absolute atomic E-state index is 0. The summed E-state index contributed by atoms with van der Waals surface area (Å²) in [6.07, 6.45) is 8.85. The maximum atomic E-state index is 10.9. The summed E-state index contributed by atoms with van der Waals surface area (Å²) in [5.41, 5.74) is 3.53. The van der Waals surface area contributed by atoms with Crippen LogP contribution >= 0.6 is 0 Å². The van der Waals surface area contributed by atoms with Crippen molar-refractivity contribution < 1.29 is 30.3 Å². The summed E-state index contributed by atoms with van der Waals surface area (Å²) < 4.78 is 0. The zero-order valence-corrected chi connectivity index (χ0v) is 27.1. The van der Waals surface area contributed by atoms with Gasteiger partial charge in [0.25, 0.3) is 0 Å². The topological polar surface area (TPSA) is 53.4 Å². The Kier molecular flexibility index (Phi) is 11.0. The number of rotatable bonds is 6. The average molecular weight is 707 g/mol. The molecule has 1 heterocycles. The molecule has 4 unspecified atom stereocenters. The van der Waals surface area contributed by atoms with E-state index in [9.17, 15) is 10.2 Å². The minimum atomic E-state index is -0.309. The Morgan fingerprint density at radius 3 is 2.18 bits per heavy atom. The summed E-state index contributed by atoms with van der Waals surface area (Å²) >= 11 is 0. The molecular weight excluding hydrogens is 659 g/mol. The Morgan fingerprint density at radius 2 is 1.59 bits per heavy atom. The minimum Gasteiger partial charge on any atom is -0.392 e. The molecule has 39 heavy (non-hydrogen) atoms. The van der Waals surface area contributed by atoms with Gasteiger partial charge in [0, 0.05) is 32.2 Å². The van der Waals surface area contributed by atoms with Gasteiger partial charge < -0.3 is 15.2 Å². The summed E-state index contributed by atoms with van der Waals surface area (Å²) in [6.45, 7) is 13.2. The molecular formula is C35H48IrNO2-. The Bertz CT molecular complexity index is 1180. The molecule has 3 aromatic rings. The van der Waals surface area contributed by atoms with Crippen molar-refractivity contribution in [2.24, 2.45) is 22.7 Å². The van der Waals surface area contributed by atoms with Crippen LogP contribution in [-0.2, 0) is 20.1 Å². The third kappa shape index (κ3) is 6.05. The second kappa shape index (κ2) is 13.4. The van der Waals surface area contributed by atoms with Crippen LogP contribution in [0.1, 0.15) is 98.0 Å². The number of benzene rings is 2. The molecule has 2 aliphatic carbocycles. The van der Waals surface area contributed by atoms with Gasteiger partial charge in [-0.2, -0.15) is 0 Å². The molecule has 5 rings (SSSR count). The molecule has 4 heteroatoms. The number of pyridine rings is 1. The molecule has 2 aliphatic rings. The summed E-state index contributed by atoms with van der Waals surface area (Å²) in [5, 5.41) is 24.2. The largest absolute Gasteiger partial charge is 0.392 e. The van der Waals surface area contributed by atoms with Gasteiger partial charge in [-0.25, -0.2) is 0 Å². The SMILES string of the molecule is CC(C)c1ccc2ccnc(-c3[c-]cccc3)c2c1.CCC1(CC)CCC2CC(CC)(CC)C(O)C2C1O.[Ir]. The van der Waals surface area contributed by atoms with E-state index in [1.54, 1.807) is 0 Å². The van der Waals surface area contributed by atoms with Gasteiger partial charge in [-0.1, -0.05) is 59.7 Å². The van der Waals surface area contributed by atoms with E-state index in [0.717, 1.165) is 49.8 Å². The Labute approximate surface area is 250 Å². The van der Waals surface area contributed by atoms with Gasteiger partial charge >= 0.3 is 0 Å². The smallest absolute Gasteiger partial charge is 0.0651 e. The van der Waals surface area contributed by atoms with Crippen LogP contribution in [0.4, 0.5) is 0 Å². The van der Waals surface area contributed by atoms with Gasteiger partial charge in [0.15, 0.2) is 0 Å². The fraction of sp³-hybridized carbons (Fsp3) is 0.571. The first-order valence-electron chi connectivity index (χ1n) is 15.0. The molecule has 1 aromatic heterocycles. The third-order valence-corrected chi connectivity index (χ3v) is 10.4. The third-order valence-electron chi connectivity index (χ3n) is 10.4. The maximum absolute atomic E-state index is 10.9. The van der Waals surface area contributed by atoms with Gasteiger partial charge in [-0.3, -0.25) is 0 Å². The summed E-state index contributed by atoms with van der Waals surface area (Å²) in [4.78, 5) is 4.55. The number of aromatic nitrogens is 1. The van der Waals surface area contributed by atoms with Crippen LogP contribution < -0.4 is 0 Å². The molecule has 2 aromatic carbocycles. The van der Waals surface area contributed by atoms with Crippen molar-refractivity contribution in [2.45, 2.75) is 105 Å². The number of fused-ring (bicyclic) bond motifs is 2. The van der Waals surface area contributed by atoms with Gasteiger partial charge in [0.1, 0.15) is 0 Å². The first kappa shape index (κ1) is 31.9. The molecule has 2 fully saturated rings. The Morgan fingerprint density at radius 1 is 0.923 bits per heavy atom. The van der Waals surface area contributed by atoms with Gasteiger partial charge in [-0.15, -0.1) is 35.9 Å². The summed E-state index contributed by atoms with van der Waals surface area (Å²) in [5.74, 6) is 1.18. The van der Waals surface area contributed by atoms with Crippen molar-refractivity contribution in [3.8, 4) is 11.3 Å². The van der Waals surface area contributed by atoms with Crippen LogP contribution in [0.25, 0.3) is 22.0 Å². The second-order valence-corrected chi connectivity index (χ2v) is 12.2.